The maximum absolute atomic E-state index is 14.0. The lowest BCUT2D eigenvalue weighted by Gasteiger charge is -2.37. The molecule has 1 aromatic heterocycles. The summed E-state index contributed by atoms with van der Waals surface area (Å²) < 4.78 is 27.5. The highest BCUT2D eigenvalue weighted by molar-refractivity contribution is 14.0. The zero-order chi connectivity index (χ0) is 21.5. The van der Waals surface area contributed by atoms with Crippen LogP contribution in [0.25, 0.3) is 0 Å². The number of pyridine rings is 1. The number of aryl methyl sites for hydroxylation is 1. The van der Waals surface area contributed by atoms with Gasteiger partial charge in [-0.15, -0.1) is 24.0 Å². The Labute approximate surface area is 198 Å². The number of piperazine rings is 1. The van der Waals surface area contributed by atoms with Gasteiger partial charge in [-0.25, -0.2) is 13.8 Å². The molecule has 168 valence electrons. The summed E-state index contributed by atoms with van der Waals surface area (Å²) in [6.45, 7) is 4.58. The number of benzene rings is 1. The molecule has 0 radical (unpaired) electrons. The quantitative estimate of drug-likeness (QED) is 0.344. The number of aliphatic imine (C=N–C) groups is 1. The van der Waals surface area contributed by atoms with Gasteiger partial charge in [0.2, 0.25) is 5.91 Å². The van der Waals surface area contributed by atoms with Gasteiger partial charge in [0.25, 0.3) is 0 Å². The predicted octanol–water partition coefficient (Wildman–Crippen LogP) is 3.01. The van der Waals surface area contributed by atoms with Crippen molar-refractivity contribution in [3.63, 3.8) is 0 Å². The molecule has 0 atom stereocenters. The molecule has 0 unspecified atom stereocenters. The SMILES string of the molecule is CN=C(NCCC(=O)Nc1cccc(C)n1)N1CCN(c2cc(F)ccc2F)CC1.I. The second-order valence-corrected chi connectivity index (χ2v) is 7.01. The number of carbonyl (C=O) groups excluding carboxylic acids is 1. The van der Waals surface area contributed by atoms with E-state index in [0.29, 0.717) is 44.5 Å². The molecule has 1 aliphatic heterocycles. The minimum atomic E-state index is -0.453. The summed E-state index contributed by atoms with van der Waals surface area (Å²) in [5.74, 6) is 0.190. The van der Waals surface area contributed by atoms with E-state index in [9.17, 15) is 13.6 Å². The van der Waals surface area contributed by atoms with Crippen molar-refractivity contribution in [1.82, 2.24) is 15.2 Å². The van der Waals surface area contributed by atoms with Gasteiger partial charge in [0.15, 0.2) is 5.96 Å². The van der Waals surface area contributed by atoms with E-state index in [-0.39, 0.29) is 42.0 Å². The van der Waals surface area contributed by atoms with Crippen LogP contribution < -0.4 is 15.5 Å². The Hall–Kier alpha value is -2.50. The molecule has 2 heterocycles. The Morgan fingerprint density at radius 1 is 1.16 bits per heavy atom. The van der Waals surface area contributed by atoms with Crippen molar-refractivity contribution in [2.45, 2.75) is 13.3 Å². The highest BCUT2D eigenvalue weighted by Crippen LogP contribution is 2.21. The lowest BCUT2D eigenvalue weighted by Crippen LogP contribution is -2.53. The third-order valence-electron chi connectivity index (χ3n) is 4.83. The minimum Gasteiger partial charge on any atom is -0.366 e. The number of amides is 1. The molecule has 3 rings (SSSR count). The number of rotatable bonds is 5. The summed E-state index contributed by atoms with van der Waals surface area (Å²) in [5, 5.41) is 5.96. The number of guanidine groups is 1. The Balaban J connectivity index is 0.00000341. The third kappa shape index (κ3) is 7.01. The Bertz CT molecular complexity index is 918. The molecule has 10 heteroatoms. The summed E-state index contributed by atoms with van der Waals surface area (Å²) >= 11 is 0. The fourth-order valence-corrected chi connectivity index (χ4v) is 3.33. The normalized spacial score (nSPS) is 14.1. The summed E-state index contributed by atoms with van der Waals surface area (Å²) in [6.07, 6.45) is 0.267. The first kappa shape index (κ1) is 24.8. The maximum Gasteiger partial charge on any atom is 0.227 e. The first-order chi connectivity index (χ1) is 14.5. The van der Waals surface area contributed by atoms with E-state index in [2.05, 4.69) is 20.6 Å². The fourth-order valence-electron chi connectivity index (χ4n) is 3.33. The number of nitrogens with one attached hydrogen (secondary N) is 2. The molecule has 0 spiro atoms. The number of anilines is 2. The van der Waals surface area contributed by atoms with Crippen molar-refractivity contribution in [2.24, 2.45) is 4.99 Å². The van der Waals surface area contributed by atoms with Crippen LogP contribution in [0, 0.1) is 18.6 Å². The van der Waals surface area contributed by atoms with Crippen LogP contribution in [0.15, 0.2) is 41.4 Å². The first-order valence-corrected chi connectivity index (χ1v) is 9.85. The number of hydrogen-bond donors (Lipinski definition) is 2. The van der Waals surface area contributed by atoms with Gasteiger partial charge in [-0.05, 0) is 31.2 Å². The van der Waals surface area contributed by atoms with Crippen molar-refractivity contribution in [3.8, 4) is 0 Å². The summed E-state index contributed by atoms with van der Waals surface area (Å²) in [4.78, 5) is 24.5. The summed E-state index contributed by atoms with van der Waals surface area (Å²) in [6, 6.07) is 8.94. The second kappa shape index (κ2) is 11.8. The standard InChI is InChI=1S/C21H26F2N6O.HI/c1-15-4-3-5-19(26-15)27-20(30)8-9-25-21(24-2)29-12-10-28(11-13-29)18-14-16(22)6-7-17(18)23;/h3-7,14H,8-13H2,1-2H3,(H,24,25)(H,26,27,30);1H. The lowest BCUT2D eigenvalue weighted by atomic mass is 10.2. The smallest absolute Gasteiger partial charge is 0.227 e. The van der Waals surface area contributed by atoms with Crippen LogP contribution in [-0.4, -0.2) is 61.5 Å². The molecule has 1 saturated heterocycles. The lowest BCUT2D eigenvalue weighted by molar-refractivity contribution is -0.116. The zero-order valence-electron chi connectivity index (χ0n) is 17.6. The molecule has 1 aromatic carbocycles. The van der Waals surface area contributed by atoms with Gasteiger partial charge in [0.1, 0.15) is 17.5 Å². The minimum absolute atomic E-state index is 0. The van der Waals surface area contributed by atoms with E-state index in [1.807, 2.05) is 28.9 Å². The Morgan fingerprint density at radius 3 is 2.58 bits per heavy atom. The first-order valence-electron chi connectivity index (χ1n) is 9.85. The molecule has 0 saturated carbocycles. The number of halogens is 3. The number of aromatic nitrogens is 1. The third-order valence-corrected chi connectivity index (χ3v) is 4.83. The van der Waals surface area contributed by atoms with Crippen LogP contribution in [0.3, 0.4) is 0 Å². The van der Waals surface area contributed by atoms with Crippen molar-refractivity contribution in [1.29, 1.82) is 0 Å². The van der Waals surface area contributed by atoms with E-state index < -0.39 is 11.6 Å². The number of hydrogen-bond acceptors (Lipinski definition) is 4. The van der Waals surface area contributed by atoms with Crippen LogP contribution in [-0.2, 0) is 4.79 Å². The van der Waals surface area contributed by atoms with Gasteiger partial charge < -0.3 is 20.4 Å². The number of carbonyl (C=O) groups is 1. The Kier molecular flexibility index (Phi) is 9.41. The van der Waals surface area contributed by atoms with E-state index in [0.717, 1.165) is 17.8 Å². The zero-order valence-corrected chi connectivity index (χ0v) is 19.9. The molecule has 2 aromatic rings. The average molecular weight is 544 g/mol. The van der Waals surface area contributed by atoms with Crippen molar-refractivity contribution in [2.75, 3.05) is 50.0 Å². The van der Waals surface area contributed by atoms with Gasteiger partial charge in [-0.3, -0.25) is 9.79 Å². The molecule has 2 N–H and O–H groups in total. The van der Waals surface area contributed by atoms with Gasteiger partial charge >= 0.3 is 0 Å². The van der Waals surface area contributed by atoms with Crippen molar-refractivity contribution in [3.05, 3.63) is 53.7 Å². The van der Waals surface area contributed by atoms with Crippen LogP contribution in [0.1, 0.15) is 12.1 Å². The fraction of sp³-hybridized carbons (Fsp3) is 0.381. The van der Waals surface area contributed by atoms with Gasteiger partial charge in [0, 0.05) is 58.0 Å². The summed E-state index contributed by atoms with van der Waals surface area (Å²) in [7, 11) is 1.68. The van der Waals surface area contributed by atoms with E-state index in [4.69, 9.17) is 0 Å². The highest BCUT2D eigenvalue weighted by Gasteiger charge is 2.22. The number of nitrogens with zero attached hydrogens (tertiary/aromatic N) is 4. The van der Waals surface area contributed by atoms with E-state index in [1.165, 1.54) is 6.07 Å². The van der Waals surface area contributed by atoms with Crippen LogP contribution in [0.5, 0.6) is 0 Å². The second-order valence-electron chi connectivity index (χ2n) is 7.01. The van der Waals surface area contributed by atoms with Crippen LogP contribution >= 0.6 is 24.0 Å². The predicted molar refractivity (Wildman–Crippen MR) is 129 cm³/mol. The molecular formula is C21H27F2IN6O. The largest absolute Gasteiger partial charge is 0.366 e. The molecule has 31 heavy (non-hydrogen) atoms. The molecule has 7 nitrogen and oxygen atoms in total. The average Bonchev–Trinajstić information content (AvgIpc) is 2.73. The van der Waals surface area contributed by atoms with Gasteiger partial charge in [-0.2, -0.15) is 0 Å². The van der Waals surface area contributed by atoms with Crippen LogP contribution in [0.2, 0.25) is 0 Å². The molecule has 0 aliphatic carbocycles. The molecule has 0 bridgehead atoms. The Morgan fingerprint density at radius 2 is 1.90 bits per heavy atom. The molecule has 1 amide bonds. The van der Waals surface area contributed by atoms with Gasteiger partial charge in [-0.1, -0.05) is 6.07 Å². The molecular weight excluding hydrogens is 517 g/mol. The molecule has 1 fully saturated rings. The summed E-state index contributed by atoms with van der Waals surface area (Å²) in [5.41, 5.74) is 1.11. The maximum atomic E-state index is 14.0. The monoisotopic (exact) mass is 544 g/mol. The molecule has 1 aliphatic rings. The van der Waals surface area contributed by atoms with Crippen LogP contribution in [0.4, 0.5) is 20.3 Å². The topological polar surface area (TPSA) is 72.9 Å². The van der Waals surface area contributed by atoms with E-state index >= 15 is 0 Å². The van der Waals surface area contributed by atoms with Crippen molar-refractivity contribution >= 4 is 47.3 Å². The van der Waals surface area contributed by atoms with Gasteiger partial charge in [0.05, 0.1) is 5.69 Å². The highest BCUT2D eigenvalue weighted by atomic mass is 127. The van der Waals surface area contributed by atoms with Crippen molar-refractivity contribution < 1.29 is 13.6 Å². The van der Waals surface area contributed by atoms with E-state index in [1.54, 1.807) is 13.1 Å².